The molecule has 0 aliphatic carbocycles. The molecule has 3 aromatic rings. The number of rotatable bonds is 5. The van der Waals surface area contributed by atoms with Gasteiger partial charge in [-0.1, -0.05) is 41.0 Å². The minimum Gasteiger partial charge on any atom is -0.359 e. The Morgan fingerprint density at radius 1 is 1.25 bits per heavy atom. The maximum Gasteiger partial charge on any atom is 0.261 e. The Kier molecular flexibility index (Phi) is 5.19. The van der Waals surface area contributed by atoms with E-state index in [0.717, 1.165) is 35.7 Å². The second-order valence-corrected chi connectivity index (χ2v) is 8.33. The van der Waals surface area contributed by atoms with Crippen LogP contribution in [0.2, 0.25) is 4.34 Å². The molecule has 28 heavy (non-hydrogen) atoms. The van der Waals surface area contributed by atoms with Crippen molar-refractivity contribution in [2.45, 2.75) is 13.0 Å². The number of nitrogens with one attached hydrogen (secondary N) is 1. The Bertz CT molecular complexity index is 1030. The number of hydrogen-bond acceptors (Lipinski definition) is 6. The SMILES string of the molecule is C[C@@H](NC(=O)c1ccc(Cl)s1)c1cc(-c2ccc(C3=NCCN3C)cc2)no1. The third-order valence-corrected chi connectivity index (χ3v) is 5.83. The molecule has 8 heteroatoms. The third-order valence-electron chi connectivity index (χ3n) is 4.60. The number of likely N-dealkylation sites (N-methyl/N-ethyl adjacent to an activating group) is 1. The summed E-state index contributed by atoms with van der Waals surface area (Å²) in [4.78, 5) is 19.5. The van der Waals surface area contributed by atoms with Gasteiger partial charge in [0, 0.05) is 30.8 Å². The van der Waals surface area contributed by atoms with Gasteiger partial charge in [0.25, 0.3) is 5.91 Å². The maximum atomic E-state index is 12.3. The van der Waals surface area contributed by atoms with E-state index in [9.17, 15) is 4.79 Å². The smallest absolute Gasteiger partial charge is 0.261 e. The first-order chi connectivity index (χ1) is 13.5. The molecule has 1 amide bonds. The molecule has 144 valence electrons. The first-order valence-electron chi connectivity index (χ1n) is 8.90. The van der Waals surface area contributed by atoms with E-state index in [1.807, 2.05) is 44.3 Å². The van der Waals surface area contributed by atoms with Crippen LogP contribution in [0.4, 0.5) is 0 Å². The summed E-state index contributed by atoms with van der Waals surface area (Å²) in [6, 6.07) is 13.0. The molecule has 1 aliphatic heterocycles. The van der Waals surface area contributed by atoms with Crippen molar-refractivity contribution in [1.29, 1.82) is 0 Å². The lowest BCUT2D eigenvalue weighted by Gasteiger charge is -2.13. The van der Waals surface area contributed by atoms with E-state index < -0.39 is 0 Å². The van der Waals surface area contributed by atoms with Crippen LogP contribution in [0.5, 0.6) is 0 Å². The molecule has 1 aliphatic rings. The van der Waals surface area contributed by atoms with Gasteiger partial charge in [0.15, 0.2) is 5.76 Å². The van der Waals surface area contributed by atoms with E-state index in [1.54, 1.807) is 12.1 Å². The van der Waals surface area contributed by atoms with Crippen molar-refractivity contribution in [3.05, 3.63) is 63.0 Å². The number of thiophene rings is 1. The molecule has 0 fully saturated rings. The van der Waals surface area contributed by atoms with E-state index in [4.69, 9.17) is 16.1 Å². The van der Waals surface area contributed by atoms with Crippen molar-refractivity contribution < 1.29 is 9.32 Å². The summed E-state index contributed by atoms with van der Waals surface area (Å²) in [6.07, 6.45) is 0. The number of hydrogen-bond donors (Lipinski definition) is 1. The van der Waals surface area contributed by atoms with Crippen LogP contribution in [0, 0.1) is 0 Å². The van der Waals surface area contributed by atoms with Crippen molar-refractivity contribution in [2.24, 2.45) is 4.99 Å². The van der Waals surface area contributed by atoms with Crippen molar-refractivity contribution in [1.82, 2.24) is 15.4 Å². The van der Waals surface area contributed by atoms with E-state index in [0.29, 0.717) is 15.0 Å². The minimum absolute atomic E-state index is 0.187. The maximum absolute atomic E-state index is 12.3. The van der Waals surface area contributed by atoms with Crippen LogP contribution >= 0.6 is 22.9 Å². The zero-order valence-corrected chi connectivity index (χ0v) is 17.0. The zero-order valence-electron chi connectivity index (χ0n) is 15.5. The second-order valence-electron chi connectivity index (χ2n) is 6.62. The summed E-state index contributed by atoms with van der Waals surface area (Å²) in [7, 11) is 2.05. The molecule has 0 spiro atoms. The molecule has 1 N–H and O–H groups in total. The van der Waals surface area contributed by atoms with Crippen molar-refractivity contribution in [3.63, 3.8) is 0 Å². The summed E-state index contributed by atoms with van der Waals surface area (Å²) in [6.45, 7) is 3.64. The number of aromatic nitrogens is 1. The van der Waals surface area contributed by atoms with Crippen LogP contribution < -0.4 is 5.32 Å². The summed E-state index contributed by atoms with van der Waals surface area (Å²) in [5.74, 6) is 1.42. The molecule has 0 radical (unpaired) electrons. The van der Waals surface area contributed by atoms with Crippen molar-refractivity contribution in [2.75, 3.05) is 20.1 Å². The van der Waals surface area contributed by atoms with Gasteiger partial charge in [0.05, 0.1) is 21.8 Å². The van der Waals surface area contributed by atoms with Crippen LogP contribution in [-0.2, 0) is 0 Å². The third kappa shape index (κ3) is 3.81. The molecule has 1 atom stereocenters. The normalized spacial score (nSPS) is 14.8. The molecule has 6 nitrogen and oxygen atoms in total. The van der Waals surface area contributed by atoms with Crippen LogP contribution in [0.1, 0.15) is 34.0 Å². The van der Waals surface area contributed by atoms with E-state index in [-0.39, 0.29) is 11.9 Å². The highest BCUT2D eigenvalue weighted by molar-refractivity contribution is 7.18. The molecule has 0 saturated heterocycles. The fraction of sp³-hybridized carbons (Fsp3) is 0.250. The molecule has 0 bridgehead atoms. The van der Waals surface area contributed by atoms with Crippen molar-refractivity contribution >= 4 is 34.7 Å². The Morgan fingerprint density at radius 2 is 2.00 bits per heavy atom. The van der Waals surface area contributed by atoms with Crippen molar-refractivity contribution in [3.8, 4) is 11.3 Å². The molecular formula is C20H19ClN4O2S. The van der Waals surface area contributed by atoms with Gasteiger partial charge in [-0.25, -0.2) is 0 Å². The summed E-state index contributed by atoms with van der Waals surface area (Å²) in [5.41, 5.74) is 2.76. The molecule has 2 aromatic heterocycles. The summed E-state index contributed by atoms with van der Waals surface area (Å²) < 4.78 is 6.03. The molecule has 4 rings (SSSR count). The Hall–Kier alpha value is -2.64. The van der Waals surface area contributed by atoms with Gasteiger partial charge in [-0.3, -0.25) is 9.79 Å². The van der Waals surface area contributed by atoms with Gasteiger partial charge in [-0.05, 0) is 19.1 Å². The Labute approximate surface area is 171 Å². The van der Waals surface area contributed by atoms with Gasteiger partial charge < -0.3 is 14.7 Å². The highest BCUT2D eigenvalue weighted by Crippen LogP contribution is 2.25. The molecule has 3 heterocycles. The van der Waals surface area contributed by atoms with E-state index in [1.165, 1.54) is 11.3 Å². The molecule has 0 saturated carbocycles. The van der Waals surface area contributed by atoms with Gasteiger partial charge in [-0.15, -0.1) is 11.3 Å². The highest BCUT2D eigenvalue weighted by atomic mass is 35.5. The highest BCUT2D eigenvalue weighted by Gasteiger charge is 2.18. The number of aliphatic imine (C=N–C) groups is 1. The number of carbonyl (C=O) groups excluding carboxylic acids is 1. The zero-order chi connectivity index (χ0) is 19.7. The van der Waals surface area contributed by atoms with E-state index in [2.05, 4.69) is 20.4 Å². The van der Waals surface area contributed by atoms with E-state index >= 15 is 0 Å². The summed E-state index contributed by atoms with van der Waals surface area (Å²) in [5, 5.41) is 7.05. The average molecular weight is 415 g/mol. The average Bonchev–Trinajstić information content (AvgIpc) is 3.42. The topological polar surface area (TPSA) is 70.7 Å². The fourth-order valence-corrected chi connectivity index (χ4v) is 3.99. The monoisotopic (exact) mass is 414 g/mol. The van der Waals surface area contributed by atoms with Crippen LogP contribution in [0.3, 0.4) is 0 Å². The van der Waals surface area contributed by atoms with Gasteiger partial charge in [-0.2, -0.15) is 0 Å². The first kappa shape index (κ1) is 18.7. The Balaban J connectivity index is 1.45. The lowest BCUT2D eigenvalue weighted by atomic mass is 10.1. The first-order valence-corrected chi connectivity index (χ1v) is 10.1. The minimum atomic E-state index is -0.310. The lowest BCUT2D eigenvalue weighted by Crippen LogP contribution is -2.25. The van der Waals surface area contributed by atoms with Crippen LogP contribution in [0.15, 0.2) is 52.0 Å². The van der Waals surface area contributed by atoms with Gasteiger partial charge in [0.1, 0.15) is 11.5 Å². The number of halogens is 1. The molecule has 1 aromatic carbocycles. The summed E-state index contributed by atoms with van der Waals surface area (Å²) >= 11 is 7.13. The quantitative estimate of drug-likeness (QED) is 0.677. The molecule has 0 unspecified atom stereocenters. The molecular weight excluding hydrogens is 396 g/mol. The largest absolute Gasteiger partial charge is 0.359 e. The van der Waals surface area contributed by atoms with Gasteiger partial charge >= 0.3 is 0 Å². The fourth-order valence-electron chi connectivity index (χ4n) is 3.04. The van der Waals surface area contributed by atoms with Crippen LogP contribution in [0.25, 0.3) is 11.3 Å². The predicted octanol–water partition coefficient (Wildman–Crippen LogP) is 4.24. The number of carbonyl (C=O) groups is 1. The standard InChI is InChI=1S/C20H19ClN4O2S/c1-12(23-20(26)17-7-8-18(21)28-17)16-11-15(24-27-16)13-3-5-14(6-4-13)19-22-9-10-25(19)2/h3-8,11-12H,9-10H2,1-2H3,(H,23,26)/t12-/m1/s1. The Morgan fingerprint density at radius 3 is 2.64 bits per heavy atom. The number of benzene rings is 1. The van der Waals surface area contributed by atoms with Gasteiger partial charge in [0.2, 0.25) is 0 Å². The number of nitrogens with zero attached hydrogens (tertiary/aromatic N) is 3. The number of amides is 1. The predicted molar refractivity (Wildman–Crippen MR) is 111 cm³/mol. The second kappa shape index (κ2) is 7.77. The lowest BCUT2D eigenvalue weighted by molar-refractivity contribution is 0.0938. The number of amidine groups is 1. The van der Waals surface area contributed by atoms with Crippen LogP contribution in [-0.4, -0.2) is 41.9 Å².